The van der Waals surface area contributed by atoms with E-state index < -0.39 is 142 Å². The van der Waals surface area contributed by atoms with Crippen molar-refractivity contribution in [1.82, 2.24) is 9.80 Å². The number of hydrogen-bond donors (Lipinski definition) is 4. The smallest absolute Gasteiger partial charge is 0.411 e. The lowest BCUT2D eigenvalue weighted by atomic mass is 9.72. The first-order valence-electron chi connectivity index (χ1n) is 34.8. The van der Waals surface area contributed by atoms with Crippen LogP contribution in [0.5, 0.6) is 46.0 Å². The summed E-state index contributed by atoms with van der Waals surface area (Å²) in [7, 11) is 2.15. The molecule has 0 spiro atoms. The van der Waals surface area contributed by atoms with Gasteiger partial charge >= 0.3 is 24.7 Å². The number of carbonyl (C=O) groups excluding carboxylic acids is 8. The molecule has 0 unspecified atom stereocenters. The van der Waals surface area contributed by atoms with E-state index >= 15 is 0 Å². The molecule has 11 aromatic carbocycles. The summed E-state index contributed by atoms with van der Waals surface area (Å²) in [6, 6.07) is 53.4. The summed E-state index contributed by atoms with van der Waals surface area (Å²) < 4.78 is 204. The zero-order valence-corrected chi connectivity index (χ0v) is 60.5. The molecule has 15 rings (SSSR count). The van der Waals surface area contributed by atoms with Gasteiger partial charge in [-0.25, -0.2) is 9.80 Å². The zero-order valence-electron chi connectivity index (χ0n) is 61.6. The van der Waals surface area contributed by atoms with Crippen molar-refractivity contribution in [3.05, 3.63) is 314 Å². The van der Waals surface area contributed by atoms with E-state index in [2.05, 4.69) is 101 Å². The van der Waals surface area contributed by atoms with Crippen LogP contribution in [-0.4, -0.2) is 119 Å². The molecule has 4 aliphatic rings. The number of imide groups is 4. The monoisotopic (exact) mass is 1600 g/mol. The van der Waals surface area contributed by atoms with Crippen LogP contribution in [0.3, 0.4) is 0 Å². The molecule has 11 aromatic rings. The number of amides is 8. The third-order valence-electron chi connectivity index (χ3n) is 19.6. The molecule has 584 valence electrons. The standard InChI is InChI=1S/2C33H20F6N2O7.C18H15P/c2*1-15-11-16(3-9-25(15)42)31(32(34,35)36,33(37,38)39)17-4-10-26(43)24(12-17)41-29(46)21-8-6-19(14-23(21)30(41)47)48-18-5-7-20-22(13-18)28(45)40(2)27(20)44;1-4-10-16(11-5-1)19(17-12-6-2-7-13-17)18-14-8-3-9-15-18/h2*3-14,42-43H,1-2H3;1-15H/i/hD2. The average molecular weight is 1610 g/mol. The van der Waals surface area contributed by atoms with E-state index in [-0.39, 0.29) is 100 Å². The molecule has 4 aliphatic heterocycles. The molecule has 8 amide bonds. The lowest BCUT2D eigenvalue weighted by Crippen LogP contribution is -2.54. The molecule has 4 N–H and O–H groups in total. The summed E-state index contributed by atoms with van der Waals surface area (Å²) in [4.78, 5) is 106. The fraction of sp³-hybridized carbons (Fsp3) is 0.119. The number of hydrogen-bond acceptors (Lipinski definition) is 14. The lowest BCUT2D eigenvalue weighted by molar-refractivity contribution is -0.290. The predicted octanol–water partition coefficient (Wildman–Crippen LogP) is 16.7. The van der Waals surface area contributed by atoms with Gasteiger partial charge in [-0.3, -0.25) is 48.2 Å². The van der Waals surface area contributed by atoms with Crippen LogP contribution in [-0.2, 0) is 10.8 Å². The largest absolute Gasteiger partial charge is 0.508 e. The van der Waals surface area contributed by atoms with Crippen molar-refractivity contribution in [2.75, 3.05) is 23.9 Å². The number of phenols is 4. The van der Waals surface area contributed by atoms with Crippen LogP contribution in [0, 0.1) is 13.8 Å². The minimum absolute atomic E-state index is 0.0457. The summed E-state index contributed by atoms with van der Waals surface area (Å²) in [6.07, 6.45) is -24.2. The zero-order chi connectivity index (χ0) is 84.5. The van der Waals surface area contributed by atoms with Gasteiger partial charge in [0.15, 0.2) is 0 Å². The highest BCUT2D eigenvalue weighted by molar-refractivity contribution is 7.79. The van der Waals surface area contributed by atoms with Gasteiger partial charge in [0.25, 0.3) is 50.1 Å². The van der Waals surface area contributed by atoms with Crippen molar-refractivity contribution < 1.29 is 121 Å². The number of rotatable bonds is 15. The Kier molecular flexibility index (Phi) is 19.7. The number of ether oxygens (including phenoxy) is 2. The summed E-state index contributed by atoms with van der Waals surface area (Å²) >= 11 is 0. The van der Waals surface area contributed by atoms with Gasteiger partial charge in [-0.2, -0.15) is 52.7 Å². The van der Waals surface area contributed by atoms with E-state index in [0.29, 0.717) is 60.7 Å². The minimum atomic E-state index is -6.05. The number of aryl methyl sites for hydroxylation is 2. The molecule has 0 atom stereocenters. The molecule has 0 fully saturated rings. The van der Waals surface area contributed by atoms with E-state index in [1.165, 1.54) is 78.5 Å². The SMILES string of the molecule is Cc1cc(C(c2ccc(O)c(N3C(=O)c4ccc(Oc5ccc6c(c5)C(=O)N(C)C6=O)cc4C3=O)c2)(C(F)(F)F)C(F)(F)F)ccc1O.[2H]Oc1ccc(C(c2ccc(O[2H])c(N3C(=O)c4ccc(Oc5ccc6c(c5)C(=O)N(C)C6=O)cc4C3=O)c2)(C(F)(F)F)C(F)(F)F)cc1C.c1ccc(P(c2ccccc2)c2ccccc2)cc1. The van der Waals surface area contributed by atoms with Gasteiger partial charge in [0.1, 0.15) is 46.0 Å². The number of phenolic OH excluding ortho intramolecular Hbond substituents is 4. The number of aromatic hydroxyl groups is 4. The topological polar surface area (TPSA) is 249 Å². The van der Waals surface area contributed by atoms with Crippen LogP contribution >= 0.6 is 7.92 Å². The molecule has 31 heteroatoms. The fourth-order valence-electron chi connectivity index (χ4n) is 13.9. The van der Waals surface area contributed by atoms with Crippen molar-refractivity contribution >= 4 is 82.5 Å². The molecular weight excluding hydrogens is 1550 g/mol. The third kappa shape index (κ3) is 13.7. The second-order valence-corrected chi connectivity index (χ2v) is 28.7. The van der Waals surface area contributed by atoms with Gasteiger partial charge in [-0.05, 0) is 180 Å². The summed E-state index contributed by atoms with van der Waals surface area (Å²) in [5.74, 6) is -9.33. The number of alkyl halides is 12. The molecule has 0 saturated carbocycles. The number of benzene rings is 11. The van der Waals surface area contributed by atoms with Crippen LogP contribution in [0.4, 0.5) is 64.1 Å². The summed E-state index contributed by atoms with van der Waals surface area (Å²) in [5.41, 5.74) is -18.2. The number of fused-ring (bicyclic) bond motifs is 4. The first-order chi connectivity index (χ1) is 55.3. The molecule has 0 radical (unpaired) electrons. The first-order valence-corrected chi connectivity index (χ1v) is 35.4. The Balaban J connectivity index is 0.000000166. The molecule has 0 bridgehead atoms. The van der Waals surface area contributed by atoms with Gasteiger partial charge in [-0.15, -0.1) is 0 Å². The van der Waals surface area contributed by atoms with Gasteiger partial charge in [-0.1, -0.05) is 127 Å². The normalized spacial score (nSPS) is 14.4. The van der Waals surface area contributed by atoms with E-state index in [1.807, 2.05) is 0 Å². The highest BCUT2D eigenvalue weighted by atomic mass is 31.1. The number of carbonyl (C=O) groups is 8. The van der Waals surface area contributed by atoms with Gasteiger partial charge in [0, 0.05) is 14.1 Å². The lowest BCUT2D eigenvalue weighted by Gasteiger charge is -2.39. The molecule has 0 saturated heterocycles. The van der Waals surface area contributed by atoms with Crippen molar-refractivity contribution in [2.24, 2.45) is 0 Å². The second-order valence-electron chi connectivity index (χ2n) is 26.5. The quantitative estimate of drug-likeness (QED) is 0.0423. The van der Waals surface area contributed by atoms with Crippen molar-refractivity contribution in [1.29, 1.82) is 2.86 Å². The van der Waals surface area contributed by atoms with E-state index in [1.54, 1.807) is 0 Å². The van der Waals surface area contributed by atoms with Crippen LogP contribution in [0.15, 0.2) is 237 Å². The molecule has 0 aromatic heterocycles. The van der Waals surface area contributed by atoms with Crippen molar-refractivity contribution in [3.8, 4) is 46.0 Å². The van der Waals surface area contributed by atoms with Crippen LogP contribution in [0.2, 0.25) is 0 Å². The molecule has 18 nitrogen and oxygen atoms in total. The summed E-state index contributed by atoms with van der Waals surface area (Å²) in [5, 5.41) is 33.3. The van der Waals surface area contributed by atoms with Gasteiger partial charge in [0.05, 0.1) is 55.9 Å². The number of anilines is 2. The fourth-order valence-corrected chi connectivity index (χ4v) is 16.2. The van der Waals surface area contributed by atoms with Gasteiger partial charge < -0.3 is 29.9 Å². The predicted molar refractivity (Wildman–Crippen MR) is 394 cm³/mol. The Labute approximate surface area is 647 Å². The van der Waals surface area contributed by atoms with Crippen LogP contribution < -0.4 is 35.2 Å². The highest BCUT2D eigenvalue weighted by Gasteiger charge is 2.74. The van der Waals surface area contributed by atoms with Crippen LogP contribution in [0.25, 0.3) is 0 Å². The Hall–Kier alpha value is -13.6. The Morgan fingerprint density at radius 1 is 0.304 bits per heavy atom. The second kappa shape index (κ2) is 29.5. The van der Waals surface area contributed by atoms with Crippen LogP contribution in [0.1, 0.15) is 116 Å². The Morgan fingerprint density at radius 3 is 0.878 bits per heavy atom. The number of nitrogens with zero attached hydrogens (tertiary/aromatic N) is 4. The highest BCUT2D eigenvalue weighted by Crippen LogP contribution is 2.60. The molecule has 115 heavy (non-hydrogen) atoms. The first kappa shape index (κ1) is 76.7. The summed E-state index contributed by atoms with van der Waals surface area (Å²) in [6.45, 7) is 2.26. The minimum Gasteiger partial charge on any atom is -0.508 e. The maximum absolute atomic E-state index is 14.9. The van der Waals surface area contributed by atoms with E-state index in [9.17, 15) is 101 Å². The average Bonchev–Trinajstić information content (AvgIpc) is 1.54. The Morgan fingerprint density at radius 2 is 0.565 bits per heavy atom. The molecular formula is C84H55F12N4O14P. The van der Waals surface area contributed by atoms with E-state index in [4.69, 9.17) is 12.3 Å². The number of halogens is 12. The maximum Gasteiger partial charge on any atom is 0.411 e. The van der Waals surface area contributed by atoms with Crippen molar-refractivity contribution in [3.63, 3.8) is 0 Å². The maximum atomic E-state index is 14.9. The molecule has 0 aliphatic carbocycles. The van der Waals surface area contributed by atoms with E-state index in [0.717, 1.165) is 54.0 Å². The van der Waals surface area contributed by atoms with Crippen molar-refractivity contribution in [2.45, 2.75) is 49.4 Å². The third-order valence-corrected chi connectivity index (χ3v) is 22.0. The Bertz CT molecular complexity index is 5800. The molecule has 4 heterocycles. The van der Waals surface area contributed by atoms with Gasteiger partial charge in [0.2, 0.25) is 10.8 Å².